The minimum atomic E-state index is -0.782. The maximum atomic E-state index is 12.2. The van der Waals surface area contributed by atoms with Gasteiger partial charge in [0.05, 0.1) is 0 Å². The Bertz CT molecular complexity index is 359. The molecule has 0 spiro atoms. The lowest BCUT2D eigenvalue weighted by Crippen LogP contribution is -2.48. The SMILES string of the molecule is CC(CCCC(=O)O)NC(=O)N(C)C1CCC(C)(C)CC1. The number of carboxylic acid groups (broad SMARTS) is 1. The summed E-state index contributed by atoms with van der Waals surface area (Å²) in [4.78, 5) is 24.5. The van der Waals surface area contributed by atoms with Crippen molar-refractivity contribution in [2.45, 2.75) is 77.8 Å². The molecule has 0 saturated heterocycles. The molecule has 0 aromatic heterocycles. The van der Waals surface area contributed by atoms with Crippen LogP contribution in [0.25, 0.3) is 0 Å². The van der Waals surface area contributed by atoms with Crippen LogP contribution in [-0.2, 0) is 4.79 Å². The third-order valence-corrected chi connectivity index (χ3v) is 4.57. The Labute approximate surface area is 128 Å². The zero-order valence-electron chi connectivity index (χ0n) is 13.8. The van der Waals surface area contributed by atoms with Crippen molar-refractivity contribution in [3.63, 3.8) is 0 Å². The first-order valence-electron chi connectivity index (χ1n) is 7.96. The van der Waals surface area contributed by atoms with E-state index in [9.17, 15) is 9.59 Å². The summed E-state index contributed by atoms with van der Waals surface area (Å²) < 4.78 is 0. The lowest BCUT2D eigenvalue weighted by molar-refractivity contribution is -0.137. The van der Waals surface area contributed by atoms with E-state index in [4.69, 9.17) is 5.11 Å². The van der Waals surface area contributed by atoms with Gasteiger partial charge < -0.3 is 15.3 Å². The summed E-state index contributed by atoms with van der Waals surface area (Å²) in [6.45, 7) is 6.50. The van der Waals surface area contributed by atoms with E-state index in [0.29, 0.717) is 24.3 Å². The summed E-state index contributed by atoms with van der Waals surface area (Å²) >= 11 is 0. The van der Waals surface area contributed by atoms with Gasteiger partial charge in [-0.15, -0.1) is 0 Å². The van der Waals surface area contributed by atoms with Crippen molar-refractivity contribution in [2.75, 3.05) is 7.05 Å². The smallest absolute Gasteiger partial charge is 0.317 e. The van der Waals surface area contributed by atoms with Crippen LogP contribution >= 0.6 is 0 Å². The van der Waals surface area contributed by atoms with Gasteiger partial charge in [-0.1, -0.05) is 13.8 Å². The Kier molecular flexibility index (Phi) is 6.49. The van der Waals surface area contributed by atoms with Crippen molar-refractivity contribution in [2.24, 2.45) is 5.41 Å². The quantitative estimate of drug-likeness (QED) is 0.791. The highest BCUT2D eigenvalue weighted by Gasteiger charge is 2.30. The molecule has 0 aromatic carbocycles. The number of carboxylic acids is 1. The van der Waals surface area contributed by atoms with Gasteiger partial charge in [0.1, 0.15) is 0 Å². The van der Waals surface area contributed by atoms with E-state index in [1.807, 2.05) is 18.9 Å². The fourth-order valence-corrected chi connectivity index (χ4v) is 2.88. The third kappa shape index (κ3) is 6.36. The minimum Gasteiger partial charge on any atom is -0.481 e. The summed E-state index contributed by atoms with van der Waals surface area (Å²) in [6, 6.07) is 0.297. The van der Waals surface area contributed by atoms with E-state index in [1.54, 1.807) is 0 Å². The second-order valence-corrected chi connectivity index (χ2v) is 7.14. The van der Waals surface area contributed by atoms with Crippen molar-refractivity contribution in [1.82, 2.24) is 10.2 Å². The fourth-order valence-electron chi connectivity index (χ4n) is 2.88. The van der Waals surface area contributed by atoms with Gasteiger partial charge in [-0.05, 0) is 50.9 Å². The number of hydrogen-bond acceptors (Lipinski definition) is 2. The summed E-state index contributed by atoms with van der Waals surface area (Å²) in [6.07, 6.45) is 5.89. The first kappa shape index (κ1) is 17.8. The molecule has 1 unspecified atom stereocenters. The molecule has 2 N–H and O–H groups in total. The summed E-state index contributed by atoms with van der Waals surface area (Å²) in [5.41, 5.74) is 0.401. The first-order valence-corrected chi connectivity index (χ1v) is 7.96. The van der Waals surface area contributed by atoms with E-state index in [-0.39, 0.29) is 18.5 Å². The van der Waals surface area contributed by atoms with E-state index in [1.165, 1.54) is 0 Å². The Morgan fingerprint density at radius 1 is 1.33 bits per heavy atom. The molecule has 1 saturated carbocycles. The van der Waals surface area contributed by atoms with Crippen molar-refractivity contribution in [1.29, 1.82) is 0 Å². The molecule has 1 rings (SSSR count). The third-order valence-electron chi connectivity index (χ3n) is 4.57. The van der Waals surface area contributed by atoms with Gasteiger partial charge in [-0.3, -0.25) is 4.79 Å². The van der Waals surface area contributed by atoms with Crippen LogP contribution in [0, 0.1) is 5.41 Å². The molecule has 1 fully saturated rings. The molecule has 21 heavy (non-hydrogen) atoms. The summed E-state index contributed by atoms with van der Waals surface area (Å²) in [7, 11) is 1.86. The zero-order chi connectivity index (χ0) is 16.0. The number of hydrogen-bond donors (Lipinski definition) is 2. The number of amides is 2. The summed E-state index contributed by atoms with van der Waals surface area (Å²) in [5.74, 6) is -0.782. The molecule has 0 heterocycles. The van der Waals surface area contributed by atoms with Crippen molar-refractivity contribution in [3.8, 4) is 0 Å². The van der Waals surface area contributed by atoms with Gasteiger partial charge in [0.15, 0.2) is 0 Å². The number of rotatable bonds is 6. The predicted octanol–water partition coefficient (Wildman–Crippen LogP) is 3.24. The lowest BCUT2D eigenvalue weighted by Gasteiger charge is -2.38. The normalized spacial score (nSPS) is 19.8. The molecular weight excluding hydrogens is 268 g/mol. The van der Waals surface area contributed by atoms with Gasteiger partial charge >= 0.3 is 12.0 Å². The topological polar surface area (TPSA) is 69.6 Å². The Balaban J connectivity index is 2.32. The Morgan fingerprint density at radius 2 is 1.90 bits per heavy atom. The molecule has 0 radical (unpaired) electrons. The minimum absolute atomic E-state index is 0.0133. The molecule has 5 nitrogen and oxygen atoms in total. The van der Waals surface area contributed by atoms with E-state index >= 15 is 0 Å². The van der Waals surface area contributed by atoms with Crippen LogP contribution in [0.2, 0.25) is 0 Å². The van der Waals surface area contributed by atoms with Gasteiger partial charge in [-0.25, -0.2) is 4.79 Å². The molecule has 122 valence electrons. The van der Waals surface area contributed by atoms with Crippen LogP contribution in [0.3, 0.4) is 0 Å². The van der Waals surface area contributed by atoms with E-state index in [2.05, 4.69) is 19.2 Å². The Hall–Kier alpha value is -1.26. The number of carbonyl (C=O) groups excluding carboxylic acids is 1. The van der Waals surface area contributed by atoms with Crippen molar-refractivity contribution in [3.05, 3.63) is 0 Å². The number of carbonyl (C=O) groups is 2. The molecule has 1 aliphatic carbocycles. The van der Waals surface area contributed by atoms with Crippen molar-refractivity contribution >= 4 is 12.0 Å². The molecule has 0 aliphatic heterocycles. The predicted molar refractivity (Wildman–Crippen MR) is 83.3 cm³/mol. The molecule has 0 aromatic rings. The molecule has 1 atom stereocenters. The van der Waals surface area contributed by atoms with Crippen LogP contribution in [-0.4, -0.2) is 41.1 Å². The second-order valence-electron chi connectivity index (χ2n) is 7.14. The lowest BCUT2D eigenvalue weighted by atomic mass is 9.75. The maximum absolute atomic E-state index is 12.2. The molecule has 5 heteroatoms. The second kappa shape index (κ2) is 7.66. The van der Waals surface area contributed by atoms with E-state index < -0.39 is 5.97 Å². The average Bonchev–Trinajstić information content (AvgIpc) is 2.37. The number of urea groups is 1. The fraction of sp³-hybridized carbons (Fsp3) is 0.875. The number of nitrogens with one attached hydrogen (secondary N) is 1. The van der Waals surface area contributed by atoms with Crippen molar-refractivity contribution < 1.29 is 14.7 Å². The van der Waals surface area contributed by atoms with Crippen LogP contribution in [0.15, 0.2) is 0 Å². The average molecular weight is 298 g/mol. The highest BCUT2D eigenvalue weighted by molar-refractivity contribution is 5.74. The largest absolute Gasteiger partial charge is 0.481 e. The van der Waals surface area contributed by atoms with Crippen LogP contribution < -0.4 is 5.32 Å². The zero-order valence-corrected chi connectivity index (χ0v) is 13.8. The maximum Gasteiger partial charge on any atom is 0.317 e. The first-order chi connectivity index (χ1) is 9.71. The number of aliphatic carboxylic acids is 1. The number of nitrogens with zero attached hydrogens (tertiary/aromatic N) is 1. The summed E-state index contributed by atoms with van der Waals surface area (Å²) in [5, 5.41) is 11.6. The van der Waals surface area contributed by atoms with Gasteiger partial charge in [0.2, 0.25) is 0 Å². The monoisotopic (exact) mass is 298 g/mol. The molecule has 1 aliphatic rings. The standard InChI is InChI=1S/C16H30N2O3/c1-12(6-5-7-14(19)20)17-15(21)18(4)13-8-10-16(2,3)11-9-13/h12-13H,5-11H2,1-4H3,(H,17,21)(H,19,20). The molecule has 2 amide bonds. The van der Waals surface area contributed by atoms with Gasteiger partial charge in [-0.2, -0.15) is 0 Å². The van der Waals surface area contributed by atoms with Gasteiger partial charge in [0.25, 0.3) is 0 Å². The van der Waals surface area contributed by atoms with E-state index in [0.717, 1.165) is 25.7 Å². The van der Waals surface area contributed by atoms with Gasteiger partial charge in [0, 0.05) is 25.6 Å². The van der Waals surface area contributed by atoms with Crippen LogP contribution in [0.1, 0.15) is 65.7 Å². The van der Waals surface area contributed by atoms with Crippen LogP contribution in [0.5, 0.6) is 0 Å². The molecular formula is C16H30N2O3. The highest BCUT2D eigenvalue weighted by atomic mass is 16.4. The van der Waals surface area contributed by atoms with Crippen LogP contribution in [0.4, 0.5) is 4.79 Å². The molecule has 0 bridgehead atoms. The Morgan fingerprint density at radius 3 is 2.43 bits per heavy atom. The highest BCUT2D eigenvalue weighted by Crippen LogP contribution is 2.36.